The molecule has 2 N–H and O–H groups in total. The van der Waals surface area contributed by atoms with Crippen LogP contribution in [0.2, 0.25) is 0 Å². The van der Waals surface area contributed by atoms with Crippen molar-refractivity contribution in [3.05, 3.63) is 11.1 Å². The van der Waals surface area contributed by atoms with E-state index in [1.165, 1.54) is 0 Å². The summed E-state index contributed by atoms with van der Waals surface area (Å²) in [6.45, 7) is 7.70. The van der Waals surface area contributed by atoms with Gasteiger partial charge in [-0.15, -0.1) is 0 Å². The fourth-order valence-electron chi connectivity index (χ4n) is 3.81. The van der Waals surface area contributed by atoms with Crippen LogP contribution >= 0.6 is 0 Å². The summed E-state index contributed by atoms with van der Waals surface area (Å²) in [6.07, 6.45) is 1.82. The van der Waals surface area contributed by atoms with E-state index in [1.54, 1.807) is 6.92 Å². The molecular formula is C15H24O3. The smallest absolute Gasteiger partial charge is 0.159 e. The molecule has 2 aliphatic rings. The Morgan fingerprint density at radius 1 is 1.33 bits per heavy atom. The minimum Gasteiger partial charge on any atom is -0.390 e. The Balaban J connectivity index is 2.41. The number of fused-ring (bicyclic) bond motifs is 1. The minimum absolute atomic E-state index is 0.0312. The summed E-state index contributed by atoms with van der Waals surface area (Å²) in [4.78, 5) is 12.2. The lowest BCUT2D eigenvalue weighted by Crippen LogP contribution is -2.58. The van der Waals surface area contributed by atoms with Crippen molar-refractivity contribution in [1.29, 1.82) is 0 Å². The molecule has 3 heteroatoms. The maximum atomic E-state index is 12.2. The number of carbonyl (C=O) groups is 1. The highest BCUT2D eigenvalue weighted by molar-refractivity contribution is 5.97. The minimum atomic E-state index is -1.09. The number of allylic oxidation sites excluding steroid dienone is 2. The first-order valence-corrected chi connectivity index (χ1v) is 6.78. The van der Waals surface area contributed by atoms with Crippen LogP contribution in [0.1, 0.15) is 53.4 Å². The number of aliphatic hydroxyl groups excluding tert-OH is 1. The summed E-state index contributed by atoms with van der Waals surface area (Å²) >= 11 is 0. The zero-order chi connectivity index (χ0) is 13.7. The Morgan fingerprint density at radius 3 is 2.50 bits per heavy atom. The van der Waals surface area contributed by atoms with E-state index in [9.17, 15) is 15.0 Å². The van der Waals surface area contributed by atoms with Crippen LogP contribution in [0.15, 0.2) is 11.1 Å². The molecule has 0 aromatic carbocycles. The molecule has 0 saturated heterocycles. The van der Waals surface area contributed by atoms with Gasteiger partial charge >= 0.3 is 0 Å². The van der Waals surface area contributed by atoms with Crippen molar-refractivity contribution in [2.45, 2.75) is 65.1 Å². The van der Waals surface area contributed by atoms with Gasteiger partial charge in [-0.2, -0.15) is 0 Å². The topological polar surface area (TPSA) is 57.5 Å². The molecule has 4 atom stereocenters. The van der Waals surface area contributed by atoms with Crippen LogP contribution in [0.4, 0.5) is 0 Å². The largest absolute Gasteiger partial charge is 0.390 e. The molecule has 0 aromatic heterocycles. The lowest BCUT2D eigenvalue weighted by atomic mass is 9.53. The van der Waals surface area contributed by atoms with E-state index in [1.807, 2.05) is 13.8 Å². The molecule has 0 spiro atoms. The predicted octanol–water partition coefficient (Wildman–Crippen LogP) is 2.21. The fraction of sp³-hybridized carbons (Fsp3) is 0.800. The van der Waals surface area contributed by atoms with Crippen LogP contribution < -0.4 is 0 Å². The van der Waals surface area contributed by atoms with Gasteiger partial charge < -0.3 is 10.2 Å². The fourth-order valence-corrected chi connectivity index (χ4v) is 3.81. The Labute approximate surface area is 109 Å². The van der Waals surface area contributed by atoms with Crippen LogP contribution in [0.3, 0.4) is 0 Å². The molecule has 3 nitrogen and oxygen atoms in total. The highest BCUT2D eigenvalue weighted by Crippen LogP contribution is 2.54. The average Bonchev–Trinajstić information content (AvgIpc) is 2.23. The summed E-state index contributed by atoms with van der Waals surface area (Å²) < 4.78 is 0. The van der Waals surface area contributed by atoms with E-state index in [2.05, 4.69) is 6.92 Å². The molecule has 2 rings (SSSR count). The van der Waals surface area contributed by atoms with Gasteiger partial charge in [-0.25, -0.2) is 0 Å². The standard InChI is InChI=1S/C15H24O3/c1-9(2)10-7-12-14(3,8-11(10)16)6-5-13(17)15(12,4)18/h12-13,17-18H,5-8H2,1-4H3/t12-,13+,14-,15+/m1/s1. The van der Waals surface area contributed by atoms with Gasteiger partial charge in [0.15, 0.2) is 5.78 Å². The molecule has 102 valence electrons. The lowest BCUT2D eigenvalue weighted by molar-refractivity contribution is -0.175. The predicted molar refractivity (Wildman–Crippen MR) is 70.1 cm³/mol. The van der Waals surface area contributed by atoms with Crippen molar-refractivity contribution in [2.75, 3.05) is 0 Å². The van der Waals surface area contributed by atoms with Crippen molar-refractivity contribution < 1.29 is 15.0 Å². The molecule has 0 heterocycles. The van der Waals surface area contributed by atoms with E-state index in [4.69, 9.17) is 0 Å². The molecule has 18 heavy (non-hydrogen) atoms. The molecule has 0 unspecified atom stereocenters. The number of hydrogen-bond acceptors (Lipinski definition) is 3. The van der Waals surface area contributed by atoms with Crippen molar-refractivity contribution >= 4 is 5.78 Å². The van der Waals surface area contributed by atoms with Gasteiger partial charge in [-0.1, -0.05) is 12.5 Å². The van der Waals surface area contributed by atoms with Crippen LogP contribution in [0.5, 0.6) is 0 Å². The second kappa shape index (κ2) is 4.17. The van der Waals surface area contributed by atoms with Gasteiger partial charge in [0.2, 0.25) is 0 Å². The van der Waals surface area contributed by atoms with E-state index >= 15 is 0 Å². The number of aliphatic hydroxyl groups is 2. The highest BCUT2D eigenvalue weighted by atomic mass is 16.3. The van der Waals surface area contributed by atoms with Crippen molar-refractivity contribution in [3.8, 4) is 0 Å². The van der Waals surface area contributed by atoms with Crippen molar-refractivity contribution in [2.24, 2.45) is 11.3 Å². The van der Waals surface area contributed by atoms with Gasteiger partial charge in [-0.3, -0.25) is 4.79 Å². The first-order valence-electron chi connectivity index (χ1n) is 6.78. The molecule has 2 fully saturated rings. The third-order valence-corrected chi connectivity index (χ3v) is 5.12. The van der Waals surface area contributed by atoms with Gasteiger partial charge in [-0.05, 0) is 56.9 Å². The zero-order valence-electron chi connectivity index (χ0n) is 11.8. The second-order valence-electron chi connectivity index (χ2n) is 6.77. The third kappa shape index (κ3) is 1.94. The van der Waals surface area contributed by atoms with E-state index in [0.29, 0.717) is 19.3 Å². The molecule has 0 radical (unpaired) electrons. The maximum Gasteiger partial charge on any atom is 0.159 e. The average molecular weight is 252 g/mol. The van der Waals surface area contributed by atoms with Crippen LogP contribution in [0.25, 0.3) is 0 Å². The Bertz CT molecular complexity index is 404. The first-order chi connectivity index (χ1) is 8.18. The van der Waals surface area contributed by atoms with Crippen LogP contribution in [0, 0.1) is 11.3 Å². The van der Waals surface area contributed by atoms with E-state index in [0.717, 1.165) is 17.6 Å². The summed E-state index contributed by atoms with van der Waals surface area (Å²) in [6, 6.07) is 0. The van der Waals surface area contributed by atoms with Gasteiger partial charge in [0.05, 0.1) is 11.7 Å². The Morgan fingerprint density at radius 2 is 1.94 bits per heavy atom. The maximum absolute atomic E-state index is 12.2. The number of hydrogen-bond donors (Lipinski definition) is 2. The van der Waals surface area contributed by atoms with Gasteiger partial charge in [0.1, 0.15) is 0 Å². The van der Waals surface area contributed by atoms with Gasteiger partial charge in [0, 0.05) is 6.42 Å². The second-order valence-corrected chi connectivity index (χ2v) is 6.77. The highest BCUT2D eigenvalue weighted by Gasteiger charge is 2.55. The number of ketones is 1. The third-order valence-electron chi connectivity index (χ3n) is 5.12. The van der Waals surface area contributed by atoms with Crippen LogP contribution in [-0.4, -0.2) is 27.7 Å². The lowest BCUT2D eigenvalue weighted by Gasteiger charge is -2.54. The molecule has 2 saturated carbocycles. The van der Waals surface area contributed by atoms with Gasteiger partial charge in [0.25, 0.3) is 0 Å². The molecule has 0 aromatic rings. The molecular weight excluding hydrogens is 228 g/mol. The Hall–Kier alpha value is -0.670. The summed E-state index contributed by atoms with van der Waals surface area (Å²) in [5.74, 6) is 0.192. The molecule has 0 bridgehead atoms. The number of rotatable bonds is 0. The van der Waals surface area contributed by atoms with E-state index < -0.39 is 11.7 Å². The normalized spacial score (nSPS) is 44.8. The molecule has 2 aliphatic carbocycles. The van der Waals surface area contributed by atoms with Crippen molar-refractivity contribution in [1.82, 2.24) is 0 Å². The zero-order valence-corrected chi connectivity index (χ0v) is 11.8. The Kier molecular flexibility index (Phi) is 3.19. The molecule has 0 amide bonds. The summed E-state index contributed by atoms with van der Waals surface area (Å²) in [5, 5.41) is 20.6. The monoisotopic (exact) mass is 252 g/mol. The van der Waals surface area contributed by atoms with Crippen LogP contribution in [-0.2, 0) is 4.79 Å². The number of carbonyl (C=O) groups excluding carboxylic acids is 1. The quantitative estimate of drug-likeness (QED) is 0.650. The van der Waals surface area contributed by atoms with E-state index in [-0.39, 0.29) is 17.1 Å². The van der Waals surface area contributed by atoms with Crippen molar-refractivity contribution in [3.63, 3.8) is 0 Å². The summed E-state index contributed by atoms with van der Waals surface area (Å²) in [5.41, 5.74) is 0.637. The number of Topliss-reactive ketones (excluding diaryl/α,β-unsaturated/α-hetero) is 1. The molecule has 0 aliphatic heterocycles. The SMILES string of the molecule is CC(C)=C1C[C@@H]2[C@](C)(CC[C@H](O)[C@@]2(C)O)CC1=O. The summed E-state index contributed by atoms with van der Waals surface area (Å²) in [7, 11) is 0. The first kappa shape index (κ1) is 13.8.